The van der Waals surface area contributed by atoms with Crippen molar-refractivity contribution in [3.05, 3.63) is 97.1 Å². The summed E-state index contributed by atoms with van der Waals surface area (Å²) in [7, 11) is 0. The van der Waals surface area contributed by atoms with Gasteiger partial charge in [-0.05, 0) is 43.3 Å². The molecule has 0 atom stereocenters. The van der Waals surface area contributed by atoms with E-state index >= 15 is 0 Å². The lowest BCUT2D eigenvalue weighted by molar-refractivity contribution is 0.0460. The second-order valence-electron chi connectivity index (χ2n) is 6.42. The van der Waals surface area contributed by atoms with Gasteiger partial charge in [0.2, 0.25) is 0 Å². The van der Waals surface area contributed by atoms with Gasteiger partial charge in [0, 0.05) is 37.2 Å². The Morgan fingerprint density at radius 1 is 0.741 bits per heavy atom. The summed E-state index contributed by atoms with van der Waals surface area (Å²) in [5.74, 6) is 0. The maximum Gasteiger partial charge on any atom is 0.106 e. The van der Waals surface area contributed by atoms with E-state index in [0.29, 0.717) is 13.3 Å². The maximum absolute atomic E-state index is 4.67. The number of nitrogens with zero attached hydrogens (tertiary/aromatic N) is 7. The fourth-order valence-electron chi connectivity index (χ4n) is 3.20. The smallest absolute Gasteiger partial charge is 0.106 e. The third-order valence-electron chi connectivity index (χ3n) is 4.71. The molecule has 0 radical (unpaired) electrons. The minimum absolute atomic E-state index is 0.566. The van der Waals surface area contributed by atoms with Crippen molar-refractivity contribution in [3.8, 4) is 0 Å². The van der Waals surface area contributed by atoms with Crippen LogP contribution in [0.1, 0.15) is 18.3 Å². The minimum Gasteiger partial charge on any atom is -0.259 e. The molecule has 4 aromatic rings. The summed E-state index contributed by atoms with van der Waals surface area (Å²) in [5.41, 5.74) is 1.27. The van der Waals surface area contributed by atoms with Crippen molar-refractivity contribution in [2.45, 2.75) is 25.8 Å². The van der Waals surface area contributed by atoms with Crippen molar-refractivity contribution in [1.29, 1.82) is 0 Å². The minimum atomic E-state index is -0.569. The van der Waals surface area contributed by atoms with Gasteiger partial charge < -0.3 is 0 Å². The van der Waals surface area contributed by atoms with Crippen LogP contribution in [0.3, 0.4) is 0 Å². The molecule has 0 saturated heterocycles. The summed E-state index contributed by atoms with van der Waals surface area (Å²) in [5, 5.41) is 8.78. The van der Waals surface area contributed by atoms with E-state index in [4.69, 9.17) is 0 Å². The molecule has 0 amide bonds. The van der Waals surface area contributed by atoms with Crippen LogP contribution in [0.15, 0.2) is 85.7 Å². The number of aromatic nitrogens is 6. The average molecular weight is 359 g/mol. The number of hydrogen-bond donors (Lipinski definition) is 0. The third-order valence-corrected chi connectivity index (χ3v) is 4.71. The van der Waals surface area contributed by atoms with E-state index in [9.17, 15) is 0 Å². The largest absolute Gasteiger partial charge is 0.259 e. The Kier molecular flexibility index (Phi) is 4.76. The first-order valence-corrected chi connectivity index (χ1v) is 8.80. The van der Waals surface area contributed by atoms with Gasteiger partial charge in [0.25, 0.3) is 0 Å². The summed E-state index contributed by atoms with van der Waals surface area (Å²) in [6.45, 7) is 3.28. The molecule has 0 saturated carbocycles. The van der Waals surface area contributed by atoms with Crippen LogP contribution in [0.2, 0.25) is 0 Å². The van der Waals surface area contributed by atoms with E-state index in [-0.39, 0.29) is 0 Å². The van der Waals surface area contributed by atoms with Crippen molar-refractivity contribution < 1.29 is 0 Å². The zero-order chi connectivity index (χ0) is 18.5. The molecule has 0 N–H and O–H groups in total. The highest BCUT2D eigenvalue weighted by molar-refractivity contribution is 5.28. The van der Waals surface area contributed by atoms with Crippen LogP contribution < -0.4 is 0 Å². The summed E-state index contributed by atoms with van der Waals surface area (Å²) in [6, 6.07) is 15.8. The van der Waals surface area contributed by atoms with Crippen LogP contribution in [0, 0.1) is 0 Å². The molecule has 7 nitrogen and oxygen atoms in total. The second-order valence-corrected chi connectivity index (χ2v) is 6.42. The molecule has 4 rings (SSSR count). The maximum atomic E-state index is 4.67. The van der Waals surface area contributed by atoms with Gasteiger partial charge in [0.15, 0.2) is 0 Å². The monoisotopic (exact) mass is 359 g/mol. The van der Waals surface area contributed by atoms with Crippen molar-refractivity contribution >= 4 is 0 Å². The molecule has 7 heteroatoms. The van der Waals surface area contributed by atoms with Crippen LogP contribution >= 0.6 is 0 Å². The molecule has 0 aliphatic rings. The molecule has 0 aromatic carbocycles. The summed E-state index contributed by atoms with van der Waals surface area (Å²) in [4.78, 5) is 11.6. The van der Waals surface area contributed by atoms with Crippen LogP contribution in [-0.2, 0) is 18.9 Å². The molecule has 0 aliphatic heterocycles. The van der Waals surface area contributed by atoms with E-state index in [1.165, 1.54) is 0 Å². The molecule has 27 heavy (non-hydrogen) atoms. The lowest BCUT2D eigenvalue weighted by Crippen LogP contribution is -2.47. The van der Waals surface area contributed by atoms with Crippen LogP contribution in [-0.4, -0.2) is 34.4 Å². The fourth-order valence-corrected chi connectivity index (χ4v) is 3.20. The van der Waals surface area contributed by atoms with Crippen LogP contribution in [0.4, 0.5) is 0 Å². The Bertz CT molecular complexity index is 859. The zero-order valence-corrected chi connectivity index (χ0v) is 15.1. The Morgan fingerprint density at radius 3 is 1.63 bits per heavy atom. The number of pyridine rings is 2. The van der Waals surface area contributed by atoms with Gasteiger partial charge in [-0.3, -0.25) is 19.3 Å². The van der Waals surface area contributed by atoms with E-state index < -0.39 is 5.54 Å². The second kappa shape index (κ2) is 7.51. The molecule has 0 aliphatic carbocycles. The highest BCUT2D eigenvalue weighted by atomic mass is 15.5. The van der Waals surface area contributed by atoms with E-state index in [0.717, 1.165) is 11.4 Å². The lowest BCUT2D eigenvalue weighted by Gasteiger charge is -2.40. The molecule has 4 heterocycles. The molecule has 4 aromatic heterocycles. The molecule has 0 spiro atoms. The molecule has 0 bridgehead atoms. The quantitative estimate of drug-likeness (QED) is 0.508. The Morgan fingerprint density at radius 2 is 1.26 bits per heavy atom. The lowest BCUT2D eigenvalue weighted by atomic mass is 9.90. The van der Waals surface area contributed by atoms with Crippen molar-refractivity contribution in [2.24, 2.45) is 0 Å². The predicted octanol–water partition coefficient (Wildman–Crippen LogP) is 2.75. The van der Waals surface area contributed by atoms with Gasteiger partial charge in [-0.2, -0.15) is 10.2 Å². The third kappa shape index (κ3) is 3.50. The first kappa shape index (κ1) is 17.1. The highest BCUT2D eigenvalue weighted by Gasteiger charge is 2.38. The molecule has 136 valence electrons. The van der Waals surface area contributed by atoms with Crippen molar-refractivity contribution in [2.75, 3.05) is 0 Å². The molecule has 0 unspecified atom stereocenters. The summed E-state index contributed by atoms with van der Waals surface area (Å²) < 4.78 is 3.79. The zero-order valence-electron chi connectivity index (χ0n) is 15.1. The Balaban J connectivity index is 1.82. The van der Waals surface area contributed by atoms with Crippen LogP contribution in [0.25, 0.3) is 0 Å². The predicted molar refractivity (Wildman–Crippen MR) is 101 cm³/mol. The van der Waals surface area contributed by atoms with Gasteiger partial charge >= 0.3 is 0 Å². The van der Waals surface area contributed by atoms with Gasteiger partial charge in [-0.1, -0.05) is 12.1 Å². The highest BCUT2D eigenvalue weighted by Crippen LogP contribution is 2.34. The molecule has 0 fully saturated rings. The SMILES string of the molecule is CC(c1ccccn1)(c1ccccn1)N(Cn1cccn1)Cn1cccn1. The Hall–Kier alpha value is -3.32. The molecular formula is C20H21N7. The normalized spacial score (nSPS) is 11.8. The van der Waals surface area contributed by atoms with E-state index in [1.807, 2.05) is 82.7 Å². The average Bonchev–Trinajstić information content (AvgIpc) is 3.42. The van der Waals surface area contributed by atoms with Gasteiger partial charge in [0.05, 0.1) is 24.7 Å². The first-order chi connectivity index (χ1) is 13.3. The first-order valence-electron chi connectivity index (χ1n) is 8.80. The summed E-state index contributed by atoms with van der Waals surface area (Å²) in [6.07, 6.45) is 11.1. The Labute approximate surface area is 157 Å². The standard InChI is InChI=1S/C20H21N7/c1-20(18-8-2-4-10-21-18,19-9-3-5-11-22-19)25(16-26-14-6-12-23-26)17-27-15-7-13-24-27/h2-15H,16-17H2,1H3. The van der Waals surface area contributed by atoms with E-state index in [1.54, 1.807) is 12.4 Å². The van der Waals surface area contributed by atoms with Crippen molar-refractivity contribution in [3.63, 3.8) is 0 Å². The van der Waals surface area contributed by atoms with Gasteiger partial charge in [0.1, 0.15) is 5.54 Å². The van der Waals surface area contributed by atoms with Crippen molar-refractivity contribution in [1.82, 2.24) is 34.4 Å². The summed E-state index contributed by atoms with van der Waals surface area (Å²) >= 11 is 0. The van der Waals surface area contributed by atoms with E-state index in [2.05, 4.69) is 32.0 Å². The fraction of sp³-hybridized carbons (Fsp3) is 0.200. The van der Waals surface area contributed by atoms with Crippen LogP contribution in [0.5, 0.6) is 0 Å². The number of hydrogen-bond acceptors (Lipinski definition) is 5. The number of rotatable bonds is 7. The molecular weight excluding hydrogens is 338 g/mol. The van der Waals surface area contributed by atoms with Gasteiger partial charge in [-0.15, -0.1) is 0 Å². The topological polar surface area (TPSA) is 64.7 Å². The van der Waals surface area contributed by atoms with Gasteiger partial charge in [-0.25, -0.2) is 4.90 Å².